The molecule has 1 aromatic rings. The Balaban J connectivity index is 2.95. The van der Waals surface area contributed by atoms with Crippen molar-refractivity contribution in [1.29, 1.82) is 0 Å². The van der Waals surface area contributed by atoms with E-state index in [2.05, 4.69) is 10.6 Å². The first-order chi connectivity index (χ1) is 9.61. The first-order valence-electron chi connectivity index (χ1n) is 7.10. The molecule has 0 aromatic heterocycles. The van der Waals surface area contributed by atoms with E-state index in [4.69, 9.17) is 5.73 Å². The lowest BCUT2D eigenvalue weighted by atomic mass is 10.0. The van der Waals surface area contributed by atoms with Gasteiger partial charge in [-0.3, -0.25) is 9.59 Å². The molecule has 5 heteroatoms. The number of nitrogens with one attached hydrogen (secondary N) is 2. The highest BCUT2D eigenvalue weighted by atomic mass is 16.2. The molecule has 0 aliphatic heterocycles. The average Bonchev–Trinajstić information content (AvgIpc) is 2.36. The minimum Gasteiger partial charge on any atom is -0.347 e. The number of carbonyl (C=O) groups excluding carboxylic acids is 2. The predicted molar refractivity (Wildman–Crippen MR) is 85.1 cm³/mol. The van der Waals surface area contributed by atoms with E-state index in [1.807, 2.05) is 20.8 Å². The quantitative estimate of drug-likeness (QED) is 0.794. The number of benzene rings is 1. The van der Waals surface area contributed by atoms with Gasteiger partial charge in [0.1, 0.15) is 0 Å². The molecule has 0 saturated heterocycles. The second-order valence-electron chi connectivity index (χ2n) is 6.39. The standard InChI is InChI=1S/C16H25N3O2/c1-10(11(2)17)14(20)18-13-9-7-6-8-12(13)15(21)19-16(3,4)5/h6-11H,17H2,1-5H3,(H,18,20)(H,19,21). The Kier molecular flexibility index (Phi) is 5.49. The molecule has 1 rings (SSSR count). The van der Waals surface area contributed by atoms with Crippen molar-refractivity contribution in [1.82, 2.24) is 5.32 Å². The number of para-hydroxylation sites is 1. The first kappa shape index (κ1) is 17.2. The monoisotopic (exact) mass is 291 g/mol. The second-order valence-corrected chi connectivity index (χ2v) is 6.39. The summed E-state index contributed by atoms with van der Waals surface area (Å²) < 4.78 is 0. The van der Waals surface area contributed by atoms with E-state index in [0.29, 0.717) is 11.3 Å². The van der Waals surface area contributed by atoms with Gasteiger partial charge in [0.2, 0.25) is 5.91 Å². The van der Waals surface area contributed by atoms with Gasteiger partial charge >= 0.3 is 0 Å². The van der Waals surface area contributed by atoms with Crippen LogP contribution in [0.2, 0.25) is 0 Å². The molecule has 0 spiro atoms. The van der Waals surface area contributed by atoms with Gasteiger partial charge in [-0.25, -0.2) is 0 Å². The molecule has 4 N–H and O–H groups in total. The lowest BCUT2D eigenvalue weighted by molar-refractivity contribution is -0.119. The Morgan fingerprint density at radius 1 is 1.14 bits per heavy atom. The third-order valence-corrected chi connectivity index (χ3v) is 3.12. The van der Waals surface area contributed by atoms with Crippen molar-refractivity contribution in [2.75, 3.05) is 5.32 Å². The fraction of sp³-hybridized carbons (Fsp3) is 0.500. The van der Waals surface area contributed by atoms with E-state index >= 15 is 0 Å². The number of hydrogen-bond acceptors (Lipinski definition) is 3. The van der Waals surface area contributed by atoms with Crippen molar-refractivity contribution in [3.8, 4) is 0 Å². The van der Waals surface area contributed by atoms with Crippen LogP contribution < -0.4 is 16.4 Å². The van der Waals surface area contributed by atoms with Crippen LogP contribution in [0.4, 0.5) is 5.69 Å². The molecule has 2 unspecified atom stereocenters. The molecular weight excluding hydrogens is 266 g/mol. The van der Waals surface area contributed by atoms with Crippen LogP contribution in [0, 0.1) is 5.92 Å². The van der Waals surface area contributed by atoms with Crippen LogP contribution in [0.5, 0.6) is 0 Å². The molecule has 2 atom stereocenters. The van der Waals surface area contributed by atoms with Crippen molar-refractivity contribution < 1.29 is 9.59 Å². The summed E-state index contributed by atoms with van der Waals surface area (Å²) in [5, 5.41) is 5.66. The number of rotatable bonds is 4. The van der Waals surface area contributed by atoms with Crippen LogP contribution in [-0.4, -0.2) is 23.4 Å². The third-order valence-electron chi connectivity index (χ3n) is 3.12. The Labute approximate surface area is 126 Å². The Hall–Kier alpha value is -1.88. The van der Waals surface area contributed by atoms with E-state index in [0.717, 1.165) is 0 Å². The molecule has 0 aliphatic carbocycles. The van der Waals surface area contributed by atoms with Crippen LogP contribution in [0.25, 0.3) is 0 Å². The summed E-state index contributed by atoms with van der Waals surface area (Å²) in [6, 6.07) is 6.69. The minimum atomic E-state index is -0.340. The van der Waals surface area contributed by atoms with Gasteiger partial charge in [0.05, 0.1) is 17.2 Å². The van der Waals surface area contributed by atoms with Crippen molar-refractivity contribution in [3.05, 3.63) is 29.8 Å². The van der Waals surface area contributed by atoms with Crippen LogP contribution in [0.15, 0.2) is 24.3 Å². The van der Waals surface area contributed by atoms with Crippen molar-refractivity contribution in [2.24, 2.45) is 11.7 Å². The fourth-order valence-corrected chi connectivity index (χ4v) is 1.68. The second kappa shape index (κ2) is 6.72. The Morgan fingerprint density at radius 3 is 2.24 bits per heavy atom. The van der Waals surface area contributed by atoms with Gasteiger partial charge in [0.25, 0.3) is 5.91 Å². The van der Waals surface area contributed by atoms with Gasteiger partial charge in [-0.2, -0.15) is 0 Å². The molecule has 5 nitrogen and oxygen atoms in total. The summed E-state index contributed by atoms with van der Waals surface area (Å²) in [6.45, 7) is 9.26. The smallest absolute Gasteiger partial charge is 0.253 e. The fourth-order valence-electron chi connectivity index (χ4n) is 1.68. The van der Waals surface area contributed by atoms with Crippen LogP contribution in [0.3, 0.4) is 0 Å². The highest BCUT2D eigenvalue weighted by Gasteiger charge is 2.21. The molecule has 0 aliphatic rings. The van der Waals surface area contributed by atoms with Crippen LogP contribution in [0.1, 0.15) is 45.0 Å². The van der Waals surface area contributed by atoms with Crippen molar-refractivity contribution >= 4 is 17.5 Å². The SMILES string of the molecule is CC(N)C(C)C(=O)Nc1ccccc1C(=O)NC(C)(C)C. The molecule has 0 saturated carbocycles. The number of anilines is 1. The molecule has 116 valence electrons. The topological polar surface area (TPSA) is 84.2 Å². The maximum Gasteiger partial charge on any atom is 0.253 e. The zero-order chi connectivity index (χ0) is 16.2. The number of hydrogen-bond donors (Lipinski definition) is 3. The molecular formula is C16H25N3O2. The highest BCUT2D eigenvalue weighted by molar-refractivity contribution is 6.04. The summed E-state index contributed by atoms with van der Waals surface area (Å²) >= 11 is 0. The van der Waals surface area contributed by atoms with Gasteiger partial charge in [-0.05, 0) is 39.8 Å². The predicted octanol–water partition coefficient (Wildman–Crippen LogP) is 2.14. The van der Waals surface area contributed by atoms with Gasteiger partial charge in [0.15, 0.2) is 0 Å². The molecule has 0 fully saturated rings. The lowest BCUT2D eigenvalue weighted by Crippen LogP contribution is -2.41. The lowest BCUT2D eigenvalue weighted by Gasteiger charge is -2.22. The molecule has 0 heterocycles. The molecule has 0 radical (unpaired) electrons. The van der Waals surface area contributed by atoms with Crippen LogP contribution >= 0.6 is 0 Å². The van der Waals surface area contributed by atoms with E-state index < -0.39 is 0 Å². The van der Waals surface area contributed by atoms with E-state index in [1.54, 1.807) is 38.1 Å². The normalized spacial score (nSPS) is 14.2. The zero-order valence-electron chi connectivity index (χ0n) is 13.4. The summed E-state index contributed by atoms with van der Waals surface area (Å²) in [5.74, 6) is -0.739. The molecule has 1 aromatic carbocycles. The van der Waals surface area contributed by atoms with Crippen molar-refractivity contribution in [2.45, 2.75) is 46.2 Å². The highest BCUT2D eigenvalue weighted by Crippen LogP contribution is 2.17. The van der Waals surface area contributed by atoms with Gasteiger partial charge in [0, 0.05) is 11.6 Å². The van der Waals surface area contributed by atoms with E-state index in [9.17, 15) is 9.59 Å². The number of nitrogens with two attached hydrogens (primary N) is 1. The maximum atomic E-state index is 12.3. The summed E-state index contributed by atoms with van der Waals surface area (Å²) in [4.78, 5) is 24.4. The minimum absolute atomic E-state index is 0.194. The summed E-state index contributed by atoms with van der Waals surface area (Å²) in [5.41, 5.74) is 6.33. The summed E-state index contributed by atoms with van der Waals surface area (Å²) in [6.07, 6.45) is 0. The molecule has 0 bridgehead atoms. The summed E-state index contributed by atoms with van der Waals surface area (Å²) in [7, 11) is 0. The van der Waals surface area contributed by atoms with E-state index in [-0.39, 0.29) is 29.3 Å². The van der Waals surface area contributed by atoms with Gasteiger partial charge in [-0.1, -0.05) is 19.1 Å². The van der Waals surface area contributed by atoms with Gasteiger partial charge < -0.3 is 16.4 Å². The largest absolute Gasteiger partial charge is 0.347 e. The number of carbonyl (C=O) groups is 2. The van der Waals surface area contributed by atoms with Crippen molar-refractivity contribution in [3.63, 3.8) is 0 Å². The Morgan fingerprint density at radius 2 is 1.71 bits per heavy atom. The number of amides is 2. The van der Waals surface area contributed by atoms with E-state index in [1.165, 1.54) is 0 Å². The Bertz CT molecular complexity index is 518. The maximum absolute atomic E-state index is 12.3. The third kappa shape index (κ3) is 5.19. The molecule has 21 heavy (non-hydrogen) atoms. The van der Waals surface area contributed by atoms with Crippen LogP contribution in [-0.2, 0) is 4.79 Å². The van der Waals surface area contributed by atoms with Gasteiger partial charge in [-0.15, -0.1) is 0 Å². The first-order valence-corrected chi connectivity index (χ1v) is 7.10. The zero-order valence-corrected chi connectivity index (χ0v) is 13.4. The average molecular weight is 291 g/mol. The molecule has 2 amide bonds.